The van der Waals surface area contributed by atoms with Crippen LogP contribution in [0.4, 0.5) is 5.69 Å². The molecule has 1 amide bonds. The van der Waals surface area contributed by atoms with E-state index in [0.717, 1.165) is 23.5 Å². The van der Waals surface area contributed by atoms with Crippen molar-refractivity contribution in [1.29, 1.82) is 0 Å². The second kappa shape index (κ2) is 8.44. The van der Waals surface area contributed by atoms with Crippen molar-refractivity contribution in [3.8, 4) is 11.4 Å². The zero-order chi connectivity index (χ0) is 23.0. The third-order valence-corrected chi connectivity index (χ3v) is 6.79. The Morgan fingerprint density at radius 2 is 1.79 bits per heavy atom. The lowest BCUT2D eigenvalue weighted by Gasteiger charge is -2.28. The smallest absolute Gasteiger partial charge is 0.277 e. The Morgan fingerprint density at radius 1 is 1.09 bits per heavy atom. The van der Waals surface area contributed by atoms with E-state index in [1.165, 1.54) is 18.4 Å². The first-order chi connectivity index (χ1) is 16.1. The fourth-order valence-corrected chi connectivity index (χ4v) is 4.83. The number of rotatable bonds is 8. The molecule has 1 aromatic heterocycles. The number of carbonyl (C=O) groups excluding carboxylic acids is 1. The number of ether oxygens (including phenoxy) is 1. The van der Waals surface area contributed by atoms with E-state index in [-0.39, 0.29) is 17.9 Å². The van der Waals surface area contributed by atoms with Gasteiger partial charge in [0.25, 0.3) is 5.91 Å². The average Bonchev–Trinajstić information content (AvgIpc) is 3.54. The van der Waals surface area contributed by atoms with Crippen molar-refractivity contribution in [2.45, 2.75) is 31.2 Å². The molecule has 1 fully saturated rings. The summed E-state index contributed by atoms with van der Waals surface area (Å²) in [5.74, 6) is 0.593. The van der Waals surface area contributed by atoms with Crippen molar-refractivity contribution in [3.05, 3.63) is 76.0 Å². The molecule has 1 saturated carbocycles. The number of nitrogens with zero attached hydrogens (tertiary/aromatic N) is 4. The highest BCUT2D eigenvalue weighted by atomic mass is 16.5. The van der Waals surface area contributed by atoms with Gasteiger partial charge in [0.2, 0.25) is 0 Å². The number of methoxy groups -OCH3 is 1. The predicted molar refractivity (Wildman–Crippen MR) is 126 cm³/mol. The molecule has 5 rings (SSSR count). The van der Waals surface area contributed by atoms with Crippen molar-refractivity contribution in [3.63, 3.8) is 0 Å². The van der Waals surface area contributed by atoms with Crippen molar-refractivity contribution < 1.29 is 9.53 Å². The number of nitroso groups, excluding NO2 is 1. The van der Waals surface area contributed by atoms with E-state index in [0.29, 0.717) is 30.1 Å². The van der Waals surface area contributed by atoms with E-state index in [4.69, 9.17) is 4.74 Å². The van der Waals surface area contributed by atoms with E-state index in [1.807, 2.05) is 43.4 Å². The van der Waals surface area contributed by atoms with E-state index in [1.54, 1.807) is 16.7 Å². The minimum Gasteiger partial charge on any atom is -0.497 e. The van der Waals surface area contributed by atoms with Crippen molar-refractivity contribution in [2.24, 2.45) is 5.18 Å². The zero-order valence-electron chi connectivity index (χ0n) is 18.9. The molecule has 0 unspecified atom stereocenters. The van der Waals surface area contributed by atoms with Crippen molar-refractivity contribution in [2.75, 3.05) is 32.1 Å². The van der Waals surface area contributed by atoms with Crippen LogP contribution in [0.15, 0.2) is 53.7 Å². The summed E-state index contributed by atoms with van der Waals surface area (Å²) in [6.45, 7) is 1.45. The summed E-state index contributed by atoms with van der Waals surface area (Å²) in [6, 6.07) is 15.7. The van der Waals surface area contributed by atoms with Crippen molar-refractivity contribution >= 4 is 11.6 Å². The van der Waals surface area contributed by atoms with Crippen LogP contribution >= 0.6 is 0 Å². The van der Waals surface area contributed by atoms with Gasteiger partial charge in [0.05, 0.1) is 18.5 Å². The van der Waals surface area contributed by atoms with Crippen LogP contribution in [0.5, 0.6) is 5.75 Å². The van der Waals surface area contributed by atoms with E-state index in [9.17, 15) is 9.70 Å². The number of aromatic nitrogens is 2. The fourth-order valence-electron chi connectivity index (χ4n) is 4.83. The third-order valence-electron chi connectivity index (χ3n) is 6.79. The molecule has 170 valence electrons. The molecule has 0 saturated heterocycles. The number of hydrogen-bond donors (Lipinski definition) is 1. The maximum absolute atomic E-state index is 13.7. The van der Waals surface area contributed by atoms with E-state index >= 15 is 0 Å². The quantitative estimate of drug-likeness (QED) is 0.535. The van der Waals surface area contributed by atoms with Crippen LogP contribution in [0.3, 0.4) is 0 Å². The Labute approximate surface area is 192 Å². The van der Waals surface area contributed by atoms with Gasteiger partial charge in [-0.25, -0.2) is 4.68 Å². The Hall–Kier alpha value is -3.52. The monoisotopic (exact) mass is 445 g/mol. The second-order valence-corrected chi connectivity index (χ2v) is 8.74. The van der Waals surface area contributed by atoms with E-state index < -0.39 is 0 Å². The molecule has 1 aliphatic carbocycles. The average molecular weight is 446 g/mol. The van der Waals surface area contributed by atoms with Gasteiger partial charge in [-0.1, -0.05) is 17.3 Å². The summed E-state index contributed by atoms with van der Waals surface area (Å²) in [7, 11) is 3.59. The van der Waals surface area contributed by atoms with Crippen LogP contribution in [-0.4, -0.2) is 42.9 Å². The summed E-state index contributed by atoms with van der Waals surface area (Å²) >= 11 is 0. The van der Waals surface area contributed by atoms with Gasteiger partial charge in [0.15, 0.2) is 0 Å². The lowest BCUT2D eigenvalue weighted by Crippen LogP contribution is -2.39. The minimum atomic E-state index is -0.124. The molecular weight excluding hydrogens is 418 g/mol. The highest BCUT2D eigenvalue weighted by molar-refractivity contribution is 6.07. The molecular formula is C25H27N5O3. The van der Waals surface area contributed by atoms with Gasteiger partial charge < -0.3 is 15.0 Å². The minimum absolute atomic E-state index is 0.0546. The molecule has 2 heterocycles. The summed E-state index contributed by atoms with van der Waals surface area (Å²) in [5.41, 5.74) is 4.99. The number of benzene rings is 2. The molecule has 0 spiro atoms. The van der Waals surface area contributed by atoms with Gasteiger partial charge in [-0.05, 0) is 68.3 Å². The topological polar surface area (TPSA) is 88.8 Å². The molecule has 1 aliphatic heterocycles. The molecule has 1 N–H and O–H groups in total. The first kappa shape index (κ1) is 21.3. The van der Waals surface area contributed by atoms with Gasteiger partial charge in [-0.2, -0.15) is 10.0 Å². The SMILES string of the molecule is CNCC1(c2ccc(N3CCc4c(CN=O)nn(-c5ccc(OC)cc5)c4C3=O)cc2)CC1. The zero-order valence-corrected chi connectivity index (χ0v) is 18.9. The number of carbonyl (C=O) groups is 1. The van der Waals surface area contributed by atoms with Gasteiger partial charge in [-0.15, -0.1) is 0 Å². The molecule has 8 heteroatoms. The highest BCUT2D eigenvalue weighted by Crippen LogP contribution is 2.48. The Balaban J connectivity index is 1.49. The summed E-state index contributed by atoms with van der Waals surface area (Å²) in [5, 5.41) is 10.9. The van der Waals surface area contributed by atoms with Crippen LogP contribution in [0.2, 0.25) is 0 Å². The van der Waals surface area contributed by atoms with Gasteiger partial charge in [0.1, 0.15) is 18.0 Å². The Kier molecular flexibility index (Phi) is 5.46. The van der Waals surface area contributed by atoms with Crippen molar-refractivity contribution in [1.82, 2.24) is 15.1 Å². The number of fused-ring (bicyclic) bond motifs is 1. The third kappa shape index (κ3) is 3.70. The molecule has 0 radical (unpaired) electrons. The Bertz CT molecular complexity index is 1180. The first-order valence-corrected chi connectivity index (χ1v) is 11.2. The van der Waals surface area contributed by atoms with Crippen LogP contribution < -0.4 is 15.0 Å². The number of hydrogen-bond acceptors (Lipinski definition) is 6. The number of amides is 1. The van der Waals surface area contributed by atoms with Gasteiger partial charge >= 0.3 is 0 Å². The predicted octanol–water partition coefficient (Wildman–Crippen LogP) is 3.60. The Morgan fingerprint density at radius 3 is 2.39 bits per heavy atom. The first-order valence-electron chi connectivity index (χ1n) is 11.2. The molecule has 33 heavy (non-hydrogen) atoms. The summed E-state index contributed by atoms with van der Waals surface area (Å²) < 4.78 is 6.87. The summed E-state index contributed by atoms with van der Waals surface area (Å²) in [6.07, 6.45) is 3.00. The standard InChI is InChI=1S/C25H27N5O3/c1-26-16-25(12-13-25)17-3-5-18(6-4-17)29-14-11-21-22(15-27-32)28-30(23(21)24(29)31)19-7-9-20(33-2)10-8-19/h3-10,26H,11-16H2,1-2H3. The van der Waals surface area contributed by atoms with Crippen LogP contribution in [0, 0.1) is 4.91 Å². The molecule has 8 nitrogen and oxygen atoms in total. The molecule has 0 bridgehead atoms. The largest absolute Gasteiger partial charge is 0.497 e. The maximum Gasteiger partial charge on any atom is 0.277 e. The normalized spacial score (nSPS) is 16.4. The molecule has 3 aromatic rings. The molecule has 2 aliphatic rings. The van der Waals surface area contributed by atoms with Gasteiger partial charge in [-0.3, -0.25) is 4.79 Å². The fraction of sp³-hybridized carbons (Fsp3) is 0.360. The summed E-state index contributed by atoms with van der Waals surface area (Å²) in [4.78, 5) is 26.5. The molecule has 2 aromatic carbocycles. The van der Waals surface area contributed by atoms with Crippen LogP contribution in [-0.2, 0) is 18.4 Å². The highest BCUT2D eigenvalue weighted by Gasteiger charge is 2.43. The maximum atomic E-state index is 13.7. The van der Waals surface area contributed by atoms with Gasteiger partial charge in [0, 0.05) is 29.8 Å². The molecule has 0 atom stereocenters. The second-order valence-electron chi connectivity index (χ2n) is 8.74. The van der Waals surface area contributed by atoms with E-state index in [2.05, 4.69) is 27.7 Å². The van der Waals surface area contributed by atoms with Crippen LogP contribution in [0.25, 0.3) is 5.69 Å². The lowest BCUT2D eigenvalue weighted by molar-refractivity contribution is 0.0973. The number of nitrogens with one attached hydrogen (secondary N) is 1. The van der Waals surface area contributed by atoms with Crippen LogP contribution in [0.1, 0.15) is 40.2 Å². The lowest BCUT2D eigenvalue weighted by atomic mass is 9.95. The number of likely N-dealkylation sites (N-methyl/N-ethyl adjacent to an activating group) is 1. The number of anilines is 1.